The molecule has 0 fully saturated rings. The fourth-order valence-electron chi connectivity index (χ4n) is 3.05. The topological polar surface area (TPSA) is 56.8 Å². The van der Waals surface area contributed by atoms with Gasteiger partial charge in [0.05, 0.1) is 6.04 Å². The third kappa shape index (κ3) is 4.54. The van der Waals surface area contributed by atoms with Gasteiger partial charge in [-0.15, -0.1) is 0 Å². The Balaban J connectivity index is 1.64. The van der Waals surface area contributed by atoms with Crippen LogP contribution in [0.15, 0.2) is 42.5 Å². The Labute approximate surface area is 160 Å². The second-order valence-corrected chi connectivity index (χ2v) is 7.09. The molecular formula is C22H27NO4. The molecule has 2 atom stereocenters. The lowest BCUT2D eigenvalue weighted by Crippen LogP contribution is -2.38. The maximum atomic E-state index is 12.6. The van der Waals surface area contributed by atoms with Gasteiger partial charge < -0.3 is 19.5 Å². The normalized spacial score (nSPS) is 15.1. The summed E-state index contributed by atoms with van der Waals surface area (Å²) in [6.07, 6.45) is -0.593. The van der Waals surface area contributed by atoms with E-state index in [1.54, 1.807) is 6.92 Å². The second-order valence-electron chi connectivity index (χ2n) is 7.09. The molecule has 1 N–H and O–H groups in total. The lowest BCUT2D eigenvalue weighted by molar-refractivity contribution is -0.127. The molecule has 0 unspecified atom stereocenters. The van der Waals surface area contributed by atoms with Crippen molar-refractivity contribution >= 4 is 5.91 Å². The van der Waals surface area contributed by atoms with Gasteiger partial charge in [-0.2, -0.15) is 0 Å². The van der Waals surface area contributed by atoms with Crippen molar-refractivity contribution in [3.05, 3.63) is 53.6 Å². The van der Waals surface area contributed by atoms with E-state index >= 15 is 0 Å². The number of carbonyl (C=O) groups is 1. The van der Waals surface area contributed by atoms with E-state index in [0.29, 0.717) is 19.1 Å². The van der Waals surface area contributed by atoms with Crippen molar-refractivity contribution in [3.63, 3.8) is 0 Å². The van der Waals surface area contributed by atoms with Crippen LogP contribution in [-0.2, 0) is 4.79 Å². The van der Waals surface area contributed by atoms with Gasteiger partial charge in [0, 0.05) is 0 Å². The molecule has 2 aromatic rings. The minimum atomic E-state index is -0.593. The van der Waals surface area contributed by atoms with Crippen molar-refractivity contribution in [2.75, 3.05) is 13.2 Å². The molecule has 2 aromatic carbocycles. The van der Waals surface area contributed by atoms with E-state index in [2.05, 4.69) is 19.2 Å². The number of ether oxygens (including phenoxy) is 3. The molecule has 5 nitrogen and oxygen atoms in total. The van der Waals surface area contributed by atoms with E-state index in [1.807, 2.05) is 49.4 Å². The van der Waals surface area contributed by atoms with Gasteiger partial charge in [0.2, 0.25) is 0 Å². The maximum absolute atomic E-state index is 12.6. The van der Waals surface area contributed by atoms with Crippen LogP contribution in [0.3, 0.4) is 0 Å². The maximum Gasteiger partial charge on any atom is 0.261 e. The molecule has 0 aliphatic carbocycles. The molecule has 1 amide bonds. The van der Waals surface area contributed by atoms with E-state index < -0.39 is 6.10 Å². The first kappa shape index (κ1) is 19.1. The Morgan fingerprint density at radius 2 is 1.70 bits per heavy atom. The quantitative estimate of drug-likeness (QED) is 0.828. The predicted molar refractivity (Wildman–Crippen MR) is 105 cm³/mol. The first-order valence-electron chi connectivity index (χ1n) is 9.41. The summed E-state index contributed by atoms with van der Waals surface area (Å²) in [5.41, 5.74) is 2.06. The van der Waals surface area contributed by atoms with Crippen LogP contribution in [-0.4, -0.2) is 25.2 Å². The predicted octanol–water partition coefficient (Wildman–Crippen LogP) is 4.23. The summed E-state index contributed by atoms with van der Waals surface area (Å²) in [5.74, 6) is 2.38. The number of hydrogen-bond donors (Lipinski definition) is 1. The third-order valence-corrected chi connectivity index (χ3v) is 4.64. The first-order chi connectivity index (χ1) is 13.0. The van der Waals surface area contributed by atoms with Crippen LogP contribution in [0.4, 0.5) is 0 Å². The zero-order valence-corrected chi connectivity index (χ0v) is 16.3. The molecule has 0 aromatic heterocycles. The van der Waals surface area contributed by atoms with Crippen LogP contribution in [0.25, 0.3) is 0 Å². The summed E-state index contributed by atoms with van der Waals surface area (Å²) >= 11 is 0. The lowest BCUT2D eigenvalue weighted by atomic mass is 10.0. The fraction of sp³-hybridized carbons (Fsp3) is 0.409. The van der Waals surface area contributed by atoms with Gasteiger partial charge in [-0.05, 0) is 49.1 Å². The summed E-state index contributed by atoms with van der Waals surface area (Å²) in [7, 11) is 0. The number of rotatable bonds is 6. The smallest absolute Gasteiger partial charge is 0.261 e. The van der Waals surface area contributed by atoms with Crippen LogP contribution in [0.2, 0.25) is 0 Å². The highest BCUT2D eigenvalue weighted by atomic mass is 16.6. The van der Waals surface area contributed by atoms with Crippen LogP contribution < -0.4 is 19.5 Å². The summed E-state index contributed by atoms with van der Waals surface area (Å²) in [4.78, 5) is 12.6. The molecule has 0 spiro atoms. The van der Waals surface area contributed by atoms with Gasteiger partial charge in [0.15, 0.2) is 17.6 Å². The van der Waals surface area contributed by atoms with Gasteiger partial charge in [-0.25, -0.2) is 0 Å². The minimum absolute atomic E-state index is 0.157. The molecule has 0 saturated heterocycles. The molecule has 144 valence electrons. The molecule has 0 radical (unpaired) electrons. The van der Waals surface area contributed by atoms with Crippen LogP contribution >= 0.6 is 0 Å². The SMILES string of the molecule is CC(C)c1ccccc1O[C@H](C)C(=O)N[C@@H](C)c1ccc2c(c1)OCCO2. The Hall–Kier alpha value is -2.69. The van der Waals surface area contributed by atoms with Crippen LogP contribution in [0.5, 0.6) is 17.2 Å². The van der Waals surface area contributed by atoms with Gasteiger partial charge in [-0.3, -0.25) is 4.79 Å². The summed E-state index contributed by atoms with van der Waals surface area (Å²) < 4.78 is 17.1. The molecule has 3 rings (SSSR count). The highest BCUT2D eigenvalue weighted by Crippen LogP contribution is 2.32. The van der Waals surface area contributed by atoms with E-state index in [4.69, 9.17) is 14.2 Å². The van der Waals surface area contributed by atoms with Crippen molar-refractivity contribution in [1.82, 2.24) is 5.32 Å². The summed E-state index contributed by atoms with van der Waals surface area (Å²) in [6.45, 7) is 9.03. The van der Waals surface area contributed by atoms with Crippen LogP contribution in [0, 0.1) is 0 Å². The molecule has 1 heterocycles. The Bertz CT molecular complexity index is 803. The average molecular weight is 369 g/mol. The van der Waals surface area contributed by atoms with E-state index in [-0.39, 0.29) is 11.9 Å². The number of nitrogens with one attached hydrogen (secondary N) is 1. The average Bonchev–Trinajstić information content (AvgIpc) is 2.67. The highest BCUT2D eigenvalue weighted by Gasteiger charge is 2.21. The van der Waals surface area contributed by atoms with Crippen molar-refractivity contribution in [1.29, 1.82) is 0 Å². The van der Waals surface area contributed by atoms with Gasteiger partial charge in [0.1, 0.15) is 19.0 Å². The third-order valence-electron chi connectivity index (χ3n) is 4.64. The Morgan fingerprint density at radius 1 is 1.00 bits per heavy atom. The Kier molecular flexibility index (Phi) is 5.89. The van der Waals surface area contributed by atoms with Crippen molar-refractivity contribution in [2.45, 2.75) is 45.8 Å². The van der Waals surface area contributed by atoms with E-state index in [1.165, 1.54) is 0 Å². The van der Waals surface area contributed by atoms with Gasteiger partial charge >= 0.3 is 0 Å². The standard InChI is InChI=1S/C22H27NO4/c1-14(2)18-7-5-6-8-19(18)27-16(4)22(24)23-15(3)17-9-10-20-21(13-17)26-12-11-25-20/h5-10,13-16H,11-12H2,1-4H3,(H,23,24)/t15-,16+/m0/s1. The summed E-state index contributed by atoms with van der Waals surface area (Å²) in [5, 5.41) is 3.01. The minimum Gasteiger partial charge on any atom is -0.486 e. The van der Waals surface area contributed by atoms with E-state index in [9.17, 15) is 4.79 Å². The van der Waals surface area contributed by atoms with Crippen molar-refractivity contribution in [3.8, 4) is 17.2 Å². The largest absolute Gasteiger partial charge is 0.486 e. The first-order valence-corrected chi connectivity index (χ1v) is 9.41. The number of fused-ring (bicyclic) bond motifs is 1. The molecular weight excluding hydrogens is 342 g/mol. The number of benzene rings is 2. The zero-order valence-electron chi connectivity index (χ0n) is 16.3. The Morgan fingerprint density at radius 3 is 2.44 bits per heavy atom. The molecule has 1 aliphatic heterocycles. The molecule has 0 bridgehead atoms. The van der Waals surface area contributed by atoms with Crippen molar-refractivity contribution in [2.24, 2.45) is 0 Å². The van der Waals surface area contributed by atoms with Crippen molar-refractivity contribution < 1.29 is 19.0 Å². The van der Waals surface area contributed by atoms with Gasteiger partial charge in [-0.1, -0.05) is 38.1 Å². The number of hydrogen-bond acceptors (Lipinski definition) is 4. The number of carbonyl (C=O) groups excluding carboxylic acids is 1. The monoisotopic (exact) mass is 369 g/mol. The molecule has 1 aliphatic rings. The van der Waals surface area contributed by atoms with Crippen LogP contribution in [0.1, 0.15) is 50.8 Å². The second kappa shape index (κ2) is 8.33. The summed E-state index contributed by atoms with van der Waals surface area (Å²) in [6, 6.07) is 13.4. The molecule has 27 heavy (non-hydrogen) atoms. The van der Waals surface area contributed by atoms with E-state index in [0.717, 1.165) is 28.4 Å². The fourth-order valence-corrected chi connectivity index (χ4v) is 3.05. The van der Waals surface area contributed by atoms with Gasteiger partial charge in [0.25, 0.3) is 5.91 Å². The molecule has 0 saturated carbocycles. The molecule has 5 heteroatoms. The zero-order chi connectivity index (χ0) is 19.4. The number of amides is 1. The highest BCUT2D eigenvalue weighted by molar-refractivity contribution is 5.81. The lowest BCUT2D eigenvalue weighted by Gasteiger charge is -2.23. The number of para-hydroxylation sites is 1.